The van der Waals surface area contributed by atoms with E-state index in [0.29, 0.717) is 49.7 Å². The fraction of sp³-hybridized carbons (Fsp3) is 0.261. The SMILES string of the molecule is O=C(NCCc1ccc(Cl)cc1)c1cc2n(n1)CCCN(Cc1cccc(F)c1)C2=O. The average molecular weight is 441 g/mol. The van der Waals surface area contributed by atoms with Crippen molar-refractivity contribution in [3.63, 3.8) is 0 Å². The van der Waals surface area contributed by atoms with Crippen LogP contribution in [0, 0.1) is 5.82 Å². The second-order valence-electron chi connectivity index (χ2n) is 7.48. The largest absolute Gasteiger partial charge is 0.350 e. The number of hydrogen-bond donors (Lipinski definition) is 1. The number of carbonyl (C=O) groups excluding carboxylic acids is 2. The third-order valence-electron chi connectivity index (χ3n) is 5.19. The summed E-state index contributed by atoms with van der Waals surface area (Å²) in [5, 5.41) is 7.85. The van der Waals surface area contributed by atoms with E-state index in [9.17, 15) is 14.0 Å². The second-order valence-corrected chi connectivity index (χ2v) is 7.92. The van der Waals surface area contributed by atoms with Crippen molar-refractivity contribution in [2.24, 2.45) is 0 Å². The molecule has 6 nitrogen and oxygen atoms in total. The molecule has 0 spiro atoms. The molecule has 8 heteroatoms. The van der Waals surface area contributed by atoms with Crippen molar-refractivity contribution in [1.82, 2.24) is 20.0 Å². The van der Waals surface area contributed by atoms with Crippen LogP contribution in [0.3, 0.4) is 0 Å². The predicted molar refractivity (Wildman–Crippen MR) is 115 cm³/mol. The van der Waals surface area contributed by atoms with Crippen LogP contribution < -0.4 is 5.32 Å². The van der Waals surface area contributed by atoms with Crippen LogP contribution in [0.25, 0.3) is 0 Å². The summed E-state index contributed by atoms with van der Waals surface area (Å²) in [4.78, 5) is 27.2. The van der Waals surface area contributed by atoms with E-state index in [1.165, 1.54) is 18.2 Å². The maximum Gasteiger partial charge on any atom is 0.272 e. The van der Waals surface area contributed by atoms with E-state index >= 15 is 0 Å². The topological polar surface area (TPSA) is 67.2 Å². The Balaban J connectivity index is 1.41. The Bertz CT molecular complexity index is 1100. The van der Waals surface area contributed by atoms with Gasteiger partial charge in [0.2, 0.25) is 0 Å². The van der Waals surface area contributed by atoms with Gasteiger partial charge in [-0.25, -0.2) is 4.39 Å². The van der Waals surface area contributed by atoms with Gasteiger partial charge in [0.1, 0.15) is 11.5 Å². The molecule has 2 aromatic carbocycles. The van der Waals surface area contributed by atoms with Gasteiger partial charge in [-0.2, -0.15) is 5.10 Å². The summed E-state index contributed by atoms with van der Waals surface area (Å²) in [6, 6.07) is 15.2. The van der Waals surface area contributed by atoms with Crippen molar-refractivity contribution in [1.29, 1.82) is 0 Å². The molecular formula is C23H22ClFN4O2. The number of amides is 2. The molecule has 0 unspecified atom stereocenters. The van der Waals surface area contributed by atoms with Crippen LogP contribution >= 0.6 is 11.6 Å². The highest BCUT2D eigenvalue weighted by Crippen LogP contribution is 2.17. The van der Waals surface area contributed by atoms with Crippen molar-refractivity contribution < 1.29 is 14.0 Å². The standard InChI is InChI=1S/C23H22ClFN4O2/c24-18-7-5-16(6-8-18)9-10-26-22(30)20-14-21-23(31)28(11-2-12-29(21)27-20)15-17-3-1-4-19(25)13-17/h1,3-8,13-14H,2,9-12,15H2,(H,26,30). The molecule has 0 radical (unpaired) electrons. The summed E-state index contributed by atoms with van der Waals surface area (Å²) in [6.45, 7) is 1.84. The molecule has 1 N–H and O–H groups in total. The summed E-state index contributed by atoms with van der Waals surface area (Å²) in [6.07, 6.45) is 1.37. The number of nitrogens with one attached hydrogen (secondary N) is 1. The molecule has 1 aliphatic heterocycles. The fourth-order valence-corrected chi connectivity index (χ4v) is 3.74. The molecule has 0 bridgehead atoms. The quantitative estimate of drug-likeness (QED) is 0.635. The Morgan fingerprint density at radius 1 is 1.10 bits per heavy atom. The Kier molecular flexibility index (Phi) is 6.32. The molecule has 4 rings (SSSR count). The molecule has 1 aliphatic rings. The maximum atomic E-state index is 13.5. The van der Waals surface area contributed by atoms with E-state index in [-0.39, 0.29) is 23.3 Å². The molecule has 2 heterocycles. The minimum atomic E-state index is -0.331. The summed E-state index contributed by atoms with van der Waals surface area (Å²) in [7, 11) is 0. The van der Waals surface area contributed by atoms with Gasteiger partial charge in [0, 0.05) is 37.3 Å². The van der Waals surface area contributed by atoms with E-state index < -0.39 is 0 Å². The monoisotopic (exact) mass is 440 g/mol. The molecule has 160 valence electrons. The average Bonchev–Trinajstić information content (AvgIpc) is 3.12. The Hall–Kier alpha value is -3.19. The minimum absolute atomic E-state index is 0.213. The van der Waals surface area contributed by atoms with E-state index in [1.54, 1.807) is 21.7 Å². The zero-order chi connectivity index (χ0) is 21.8. The molecule has 0 atom stereocenters. The van der Waals surface area contributed by atoms with Gasteiger partial charge in [-0.15, -0.1) is 0 Å². The first-order valence-corrected chi connectivity index (χ1v) is 10.5. The molecule has 1 aromatic heterocycles. The molecule has 31 heavy (non-hydrogen) atoms. The lowest BCUT2D eigenvalue weighted by Gasteiger charge is -2.20. The highest BCUT2D eigenvalue weighted by Gasteiger charge is 2.26. The van der Waals surface area contributed by atoms with Crippen LogP contribution in [0.5, 0.6) is 0 Å². The van der Waals surface area contributed by atoms with Gasteiger partial charge in [0.25, 0.3) is 11.8 Å². The lowest BCUT2D eigenvalue weighted by atomic mass is 10.1. The number of aromatic nitrogens is 2. The summed E-state index contributed by atoms with van der Waals surface area (Å²) < 4.78 is 15.1. The number of rotatable bonds is 6. The number of halogens is 2. The van der Waals surface area contributed by atoms with Gasteiger partial charge in [-0.3, -0.25) is 14.3 Å². The summed E-state index contributed by atoms with van der Waals surface area (Å²) >= 11 is 5.88. The van der Waals surface area contributed by atoms with Crippen molar-refractivity contribution in [3.05, 3.63) is 88.0 Å². The number of nitrogens with zero attached hydrogens (tertiary/aromatic N) is 3. The van der Waals surface area contributed by atoms with Gasteiger partial charge >= 0.3 is 0 Å². The second kappa shape index (κ2) is 9.31. The molecule has 2 amide bonds. The highest BCUT2D eigenvalue weighted by atomic mass is 35.5. The summed E-state index contributed by atoms with van der Waals surface area (Å²) in [5.74, 6) is -0.865. The van der Waals surface area contributed by atoms with E-state index in [1.807, 2.05) is 24.3 Å². The smallest absolute Gasteiger partial charge is 0.272 e. The van der Waals surface area contributed by atoms with Gasteiger partial charge in [0.15, 0.2) is 5.69 Å². The number of benzene rings is 2. The molecular weight excluding hydrogens is 419 g/mol. The zero-order valence-corrected chi connectivity index (χ0v) is 17.6. The normalized spacial score (nSPS) is 13.6. The van der Waals surface area contributed by atoms with E-state index in [4.69, 9.17) is 11.6 Å². The van der Waals surface area contributed by atoms with Crippen LogP contribution in [0.2, 0.25) is 5.02 Å². The lowest BCUT2D eigenvalue weighted by Crippen LogP contribution is -2.30. The Labute approximate surface area is 184 Å². The summed E-state index contributed by atoms with van der Waals surface area (Å²) in [5.41, 5.74) is 2.37. The molecule has 0 aliphatic carbocycles. The number of carbonyl (C=O) groups is 2. The first-order chi connectivity index (χ1) is 15.0. The van der Waals surface area contributed by atoms with Crippen LogP contribution in [-0.2, 0) is 19.5 Å². The predicted octanol–water partition coefficient (Wildman–Crippen LogP) is 3.69. The van der Waals surface area contributed by atoms with Crippen molar-refractivity contribution in [3.8, 4) is 0 Å². The fourth-order valence-electron chi connectivity index (χ4n) is 3.61. The molecule has 0 fully saturated rings. The van der Waals surface area contributed by atoms with Gasteiger partial charge < -0.3 is 10.2 Å². The molecule has 3 aromatic rings. The van der Waals surface area contributed by atoms with Gasteiger partial charge in [-0.1, -0.05) is 35.9 Å². The van der Waals surface area contributed by atoms with E-state index in [0.717, 1.165) is 11.1 Å². The van der Waals surface area contributed by atoms with Crippen LogP contribution in [0.4, 0.5) is 4.39 Å². The van der Waals surface area contributed by atoms with Crippen molar-refractivity contribution in [2.75, 3.05) is 13.1 Å². The Morgan fingerprint density at radius 3 is 2.68 bits per heavy atom. The zero-order valence-electron chi connectivity index (χ0n) is 16.9. The third kappa shape index (κ3) is 5.11. The van der Waals surface area contributed by atoms with Crippen molar-refractivity contribution in [2.45, 2.75) is 25.9 Å². The first-order valence-electron chi connectivity index (χ1n) is 10.1. The number of aryl methyl sites for hydroxylation is 1. The van der Waals surface area contributed by atoms with E-state index in [2.05, 4.69) is 10.4 Å². The van der Waals surface area contributed by atoms with Crippen LogP contribution in [0.15, 0.2) is 54.6 Å². The van der Waals surface area contributed by atoms with Gasteiger partial charge in [-0.05, 0) is 48.2 Å². The number of fused-ring (bicyclic) bond motifs is 1. The minimum Gasteiger partial charge on any atom is -0.350 e. The molecule has 0 saturated heterocycles. The van der Waals surface area contributed by atoms with Crippen molar-refractivity contribution >= 4 is 23.4 Å². The van der Waals surface area contributed by atoms with Crippen LogP contribution in [-0.4, -0.2) is 39.6 Å². The van der Waals surface area contributed by atoms with Gasteiger partial charge in [0.05, 0.1) is 0 Å². The molecule has 0 saturated carbocycles. The Morgan fingerprint density at radius 2 is 1.90 bits per heavy atom. The van der Waals surface area contributed by atoms with Crippen LogP contribution in [0.1, 0.15) is 38.5 Å². The first kappa shape index (κ1) is 21.1. The maximum absolute atomic E-state index is 13.5. The highest BCUT2D eigenvalue weighted by molar-refractivity contribution is 6.30. The number of hydrogen-bond acceptors (Lipinski definition) is 3. The third-order valence-corrected chi connectivity index (χ3v) is 5.44. The lowest BCUT2D eigenvalue weighted by molar-refractivity contribution is 0.0745.